The second-order valence-electron chi connectivity index (χ2n) is 10.7. The minimum Gasteiger partial charge on any atom is -0.394 e. The second kappa shape index (κ2) is 27.9. The molecule has 0 radical (unpaired) electrons. The number of rotatable bonds is 27. The lowest BCUT2D eigenvalue weighted by Crippen LogP contribution is -2.48. The van der Waals surface area contributed by atoms with E-state index in [1.807, 2.05) is 6.08 Å². The van der Waals surface area contributed by atoms with Gasteiger partial charge in [-0.3, -0.25) is 4.79 Å². The van der Waals surface area contributed by atoms with Crippen molar-refractivity contribution in [1.29, 1.82) is 0 Å². The van der Waals surface area contributed by atoms with Gasteiger partial charge in [-0.15, -0.1) is 0 Å². The molecule has 0 aromatic carbocycles. The van der Waals surface area contributed by atoms with Crippen LogP contribution in [-0.4, -0.2) is 46.1 Å². The molecule has 3 atom stereocenters. The average Bonchev–Trinajstić information content (AvgIpc) is 2.90. The highest BCUT2D eigenvalue weighted by atomic mass is 16.3. The fourth-order valence-corrected chi connectivity index (χ4v) is 4.49. The number of hydrogen-bond donors (Lipinski definition) is 4. The first-order chi connectivity index (χ1) is 18.1. The fraction of sp³-hybridized carbons (Fsp3) is 0.844. The molecule has 0 unspecified atom stereocenters. The molecule has 0 spiro atoms. The van der Waals surface area contributed by atoms with E-state index in [4.69, 9.17) is 0 Å². The van der Waals surface area contributed by atoms with Gasteiger partial charge in [0.15, 0.2) is 0 Å². The summed E-state index contributed by atoms with van der Waals surface area (Å²) < 4.78 is 0. The van der Waals surface area contributed by atoms with E-state index in [9.17, 15) is 20.1 Å². The number of nitrogens with one attached hydrogen (secondary N) is 1. The summed E-state index contributed by atoms with van der Waals surface area (Å²) >= 11 is 0. The first-order valence-electron chi connectivity index (χ1n) is 15.7. The normalized spacial score (nSPS) is 14.4. The molecule has 5 heteroatoms. The topological polar surface area (TPSA) is 89.8 Å². The van der Waals surface area contributed by atoms with Crippen molar-refractivity contribution in [3.63, 3.8) is 0 Å². The van der Waals surface area contributed by atoms with Crippen LogP contribution in [0.25, 0.3) is 0 Å². The van der Waals surface area contributed by atoms with Crippen LogP contribution in [0.15, 0.2) is 24.3 Å². The zero-order chi connectivity index (χ0) is 27.4. The number of hydrogen-bond acceptors (Lipinski definition) is 4. The fourth-order valence-electron chi connectivity index (χ4n) is 4.49. The molecule has 0 bridgehead atoms. The lowest BCUT2D eigenvalue weighted by molar-refractivity contribution is -0.131. The molecule has 0 heterocycles. The van der Waals surface area contributed by atoms with Gasteiger partial charge < -0.3 is 20.6 Å². The van der Waals surface area contributed by atoms with E-state index in [2.05, 4.69) is 31.3 Å². The molecule has 0 aromatic heterocycles. The maximum Gasteiger partial charge on any atom is 0.249 e. The van der Waals surface area contributed by atoms with Crippen LogP contribution in [0.1, 0.15) is 149 Å². The van der Waals surface area contributed by atoms with Gasteiger partial charge in [0.05, 0.1) is 18.8 Å². The molecule has 0 aliphatic rings. The van der Waals surface area contributed by atoms with Crippen LogP contribution in [0.4, 0.5) is 0 Å². The number of allylic oxidation sites excluding steroid dienone is 3. The highest BCUT2D eigenvalue weighted by Gasteiger charge is 2.22. The standard InChI is InChI=1S/C32H61NO4/c1-3-5-7-9-11-13-15-16-17-19-20-22-24-26-30(35)29(28-34)33-32(37)31(36)27-25-23-21-18-14-12-10-8-6-4-2/h17,19,24,26,29-31,34-36H,3-16,18,20-23,25,27-28H2,1-2H3,(H,33,37)/b19-17+,26-24+/t29-,30+,31-/m0/s1. The second-order valence-corrected chi connectivity index (χ2v) is 10.7. The van der Waals surface area contributed by atoms with Gasteiger partial charge in [0.25, 0.3) is 0 Å². The number of aliphatic hydroxyl groups excluding tert-OH is 3. The van der Waals surface area contributed by atoms with Crippen molar-refractivity contribution in [2.75, 3.05) is 6.61 Å². The zero-order valence-electron chi connectivity index (χ0n) is 24.3. The first-order valence-corrected chi connectivity index (χ1v) is 15.7. The van der Waals surface area contributed by atoms with Crippen molar-refractivity contribution in [3.8, 4) is 0 Å². The van der Waals surface area contributed by atoms with Crippen LogP contribution in [0.2, 0.25) is 0 Å². The van der Waals surface area contributed by atoms with Crippen molar-refractivity contribution in [3.05, 3.63) is 24.3 Å². The molecule has 218 valence electrons. The van der Waals surface area contributed by atoms with Gasteiger partial charge >= 0.3 is 0 Å². The van der Waals surface area contributed by atoms with Gasteiger partial charge in [-0.1, -0.05) is 141 Å². The third kappa shape index (κ3) is 23.7. The molecule has 4 N–H and O–H groups in total. The minimum absolute atomic E-state index is 0.374. The first kappa shape index (κ1) is 35.8. The van der Waals surface area contributed by atoms with Crippen LogP contribution in [-0.2, 0) is 4.79 Å². The van der Waals surface area contributed by atoms with Gasteiger partial charge in [-0.2, -0.15) is 0 Å². The Morgan fingerprint density at radius 1 is 0.649 bits per heavy atom. The lowest BCUT2D eigenvalue weighted by atomic mass is 10.0. The Labute approximate surface area is 229 Å². The molecule has 1 amide bonds. The Bertz CT molecular complexity index is 549. The Balaban J connectivity index is 3.89. The van der Waals surface area contributed by atoms with Crippen LogP contribution in [0, 0.1) is 0 Å². The van der Waals surface area contributed by atoms with Gasteiger partial charge in [0.1, 0.15) is 6.10 Å². The third-order valence-electron chi connectivity index (χ3n) is 7.04. The SMILES string of the molecule is CCCCCCCCC/C=C/CC/C=C/[C@@H](O)[C@H](CO)NC(=O)[C@@H](O)CCCCCCCCCCCC. The largest absolute Gasteiger partial charge is 0.394 e. The summed E-state index contributed by atoms with van der Waals surface area (Å²) in [4.78, 5) is 12.3. The molecule has 5 nitrogen and oxygen atoms in total. The van der Waals surface area contributed by atoms with Gasteiger partial charge in [-0.25, -0.2) is 0 Å². The predicted molar refractivity (Wildman–Crippen MR) is 158 cm³/mol. The van der Waals surface area contributed by atoms with Crippen molar-refractivity contribution in [1.82, 2.24) is 5.32 Å². The van der Waals surface area contributed by atoms with Gasteiger partial charge in [-0.05, 0) is 32.1 Å². The van der Waals surface area contributed by atoms with E-state index in [-0.39, 0.29) is 6.61 Å². The van der Waals surface area contributed by atoms with Gasteiger partial charge in [0, 0.05) is 0 Å². The molecule has 0 aromatic rings. The highest BCUT2D eigenvalue weighted by Crippen LogP contribution is 2.13. The molecular formula is C32H61NO4. The molecule has 0 aliphatic carbocycles. The maximum absolute atomic E-state index is 12.3. The van der Waals surface area contributed by atoms with Crippen LogP contribution < -0.4 is 5.32 Å². The van der Waals surface area contributed by atoms with Gasteiger partial charge in [0.2, 0.25) is 5.91 Å². The summed E-state index contributed by atoms with van der Waals surface area (Å²) in [5, 5.41) is 32.7. The Kier molecular flexibility index (Phi) is 27.0. The highest BCUT2D eigenvalue weighted by molar-refractivity contribution is 5.80. The van der Waals surface area contributed by atoms with Crippen LogP contribution in [0.5, 0.6) is 0 Å². The van der Waals surface area contributed by atoms with E-state index < -0.39 is 24.2 Å². The van der Waals surface area contributed by atoms with Crippen LogP contribution >= 0.6 is 0 Å². The minimum atomic E-state index is -1.10. The lowest BCUT2D eigenvalue weighted by Gasteiger charge is -2.21. The molecule has 0 rings (SSSR count). The van der Waals surface area contributed by atoms with Crippen molar-refractivity contribution >= 4 is 5.91 Å². The molecule has 0 saturated heterocycles. The Hall–Kier alpha value is -1.17. The molecule has 37 heavy (non-hydrogen) atoms. The van der Waals surface area contributed by atoms with Crippen molar-refractivity contribution in [2.45, 2.75) is 167 Å². The van der Waals surface area contributed by atoms with E-state index in [1.165, 1.54) is 89.9 Å². The monoisotopic (exact) mass is 523 g/mol. The number of carbonyl (C=O) groups is 1. The predicted octanol–water partition coefficient (Wildman–Crippen LogP) is 7.53. The molecule has 0 aliphatic heterocycles. The number of aliphatic hydroxyl groups is 3. The maximum atomic E-state index is 12.3. The average molecular weight is 524 g/mol. The third-order valence-corrected chi connectivity index (χ3v) is 7.04. The summed E-state index contributed by atoms with van der Waals surface area (Å²) in [5.74, 6) is -0.518. The zero-order valence-corrected chi connectivity index (χ0v) is 24.3. The molecular weight excluding hydrogens is 462 g/mol. The van der Waals surface area contributed by atoms with E-state index in [0.717, 1.165) is 38.5 Å². The summed E-state index contributed by atoms with van der Waals surface area (Å²) in [5.41, 5.74) is 0. The molecule has 0 fully saturated rings. The summed E-state index contributed by atoms with van der Waals surface area (Å²) in [6.07, 6.45) is 30.4. The number of carbonyl (C=O) groups excluding carboxylic acids is 1. The Morgan fingerprint density at radius 3 is 1.65 bits per heavy atom. The van der Waals surface area contributed by atoms with E-state index in [0.29, 0.717) is 6.42 Å². The van der Waals surface area contributed by atoms with E-state index in [1.54, 1.807) is 6.08 Å². The van der Waals surface area contributed by atoms with Crippen molar-refractivity contribution < 1.29 is 20.1 Å². The number of unbranched alkanes of at least 4 members (excludes halogenated alkanes) is 17. The smallest absolute Gasteiger partial charge is 0.249 e. The summed E-state index contributed by atoms with van der Waals surface area (Å²) in [7, 11) is 0. The van der Waals surface area contributed by atoms with Crippen molar-refractivity contribution in [2.24, 2.45) is 0 Å². The molecule has 0 saturated carbocycles. The summed E-state index contributed by atoms with van der Waals surface area (Å²) in [6.45, 7) is 4.10. The Morgan fingerprint density at radius 2 is 1.11 bits per heavy atom. The van der Waals surface area contributed by atoms with Crippen LogP contribution in [0.3, 0.4) is 0 Å². The summed E-state index contributed by atoms with van der Waals surface area (Å²) in [6, 6.07) is -0.807. The van der Waals surface area contributed by atoms with E-state index >= 15 is 0 Å². The quantitative estimate of drug-likeness (QED) is 0.0661. The number of amides is 1.